The third-order valence-corrected chi connectivity index (χ3v) is 9.00. The summed E-state index contributed by atoms with van der Waals surface area (Å²) in [4.78, 5) is 15.4. The number of primary sulfonamides is 1. The van der Waals surface area contributed by atoms with Gasteiger partial charge in [-0.1, -0.05) is 30.0 Å². The Morgan fingerprint density at radius 2 is 2.00 bits per heavy atom. The minimum absolute atomic E-state index is 0.0230. The summed E-state index contributed by atoms with van der Waals surface area (Å²) in [5, 5.41) is 16.7. The lowest BCUT2D eigenvalue weighted by molar-refractivity contribution is -0.00300. The van der Waals surface area contributed by atoms with E-state index in [1.807, 2.05) is 30.3 Å². The van der Waals surface area contributed by atoms with Crippen LogP contribution < -0.4 is 5.14 Å². The molecule has 0 spiro atoms. The van der Waals surface area contributed by atoms with E-state index in [0.717, 1.165) is 40.9 Å². The summed E-state index contributed by atoms with van der Waals surface area (Å²) < 4.78 is 45.7. The molecule has 2 aromatic carbocycles. The lowest BCUT2D eigenvalue weighted by atomic mass is 9.99. The number of benzene rings is 2. The number of sulfonamides is 1. The number of carboxylic acids is 1. The number of nitrogens with two attached hydrogens (primary N) is 1. The zero-order valence-electron chi connectivity index (χ0n) is 21.8. The maximum absolute atomic E-state index is 14.8. The van der Waals surface area contributed by atoms with Crippen LogP contribution in [0.25, 0.3) is 21.8 Å². The normalized spacial score (nSPS) is 15.3. The fourth-order valence-corrected chi connectivity index (χ4v) is 6.22. The second-order valence-corrected chi connectivity index (χ2v) is 12.7. The average Bonchev–Trinajstić information content (AvgIpc) is 3.45. The molecule has 3 heterocycles. The molecule has 41 heavy (non-hydrogen) atoms. The van der Waals surface area contributed by atoms with Crippen molar-refractivity contribution >= 4 is 27.3 Å². The summed E-state index contributed by atoms with van der Waals surface area (Å²) in [6.07, 6.45) is 2.47. The van der Waals surface area contributed by atoms with E-state index in [4.69, 9.17) is 9.88 Å². The van der Waals surface area contributed by atoms with Gasteiger partial charge in [-0.15, -0.1) is 11.3 Å². The Morgan fingerprint density at radius 1 is 1.20 bits per heavy atom. The number of aromatic carboxylic acids is 1. The fourth-order valence-electron chi connectivity index (χ4n) is 4.81. The molecule has 0 amide bonds. The van der Waals surface area contributed by atoms with Crippen LogP contribution in [0.2, 0.25) is 0 Å². The van der Waals surface area contributed by atoms with Gasteiger partial charge in [0.1, 0.15) is 15.7 Å². The van der Waals surface area contributed by atoms with Crippen LogP contribution in [0.3, 0.4) is 0 Å². The predicted molar refractivity (Wildman–Crippen MR) is 152 cm³/mol. The number of aromatic nitrogens is 2. The summed E-state index contributed by atoms with van der Waals surface area (Å²) in [7, 11) is -4.20. The molecule has 1 saturated heterocycles. The van der Waals surface area contributed by atoms with Gasteiger partial charge < -0.3 is 14.4 Å². The first-order chi connectivity index (χ1) is 19.7. The molecule has 0 unspecified atom stereocenters. The molecule has 1 aliphatic carbocycles. The van der Waals surface area contributed by atoms with Gasteiger partial charge in [0.15, 0.2) is 5.69 Å². The van der Waals surface area contributed by atoms with E-state index in [1.54, 1.807) is 6.07 Å². The van der Waals surface area contributed by atoms with Gasteiger partial charge in [0.25, 0.3) is 0 Å². The highest BCUT2D eigenvalue weighted by Crippen LogP contribution is 2.40. The van der Waals surface area contributed by atoms with E-state index in [0.29, 0.717) is 42.7 Å². The Labute approximate surface area is 240 Å². The second-order valence-electron chi connectivity index (χ2n) is 10.4. The molecule has 4 aromatic rings. The van der Waals surface area contributed by atoms with Crippen LogP contribution in [0.1, 0.15) is 40.2 Å². The highest BCUT2D eigenvalue weighted by atomic mass is 32.2. The number of rotatable bonds is 8. The first-order valence-corrected chi connectivity index (χ1v) is 15.5. The van der Waals surface area contributed by atoms with Crippen LogP contribution in [0.4, 0.5) is 4.39 Å². The molecular formula is C30H26FN3O5S2. The molecule has 210 valence electrons. The minimum atomic E-state index is -4.20. The molecule has 11 heteroatoms. The molecule has 2 aliphatic rings. The lowest BCUT2D eigenvalue weighted by Gasteiger charge is -2.19. The minimum Gasteiger partial charge on any atom is -0.476 e. The van der Waals surface area contributed by atoms with E-state index in [9.17, 15) is 22.7 Å². The van der Waals surface area contributed by atoms with Gasteiger partial charge in [-0.05, 0) is 60.2 Å². The maximum Gasteiger partial charge on any atom is 0.355 e. The Hall–Kier alpha value is -3.82. The van der Waals surface area contributed by atoms with Gasteiger partial charge in [0.2, 0.25) is 10.0 Å². The quantitative estimate of drug-likeness (QED) is 0.285. The van der Waals surface area contributed by atoms with Crippen molar-refractivity contribution in [2.75, 3.05) is 13.2 Å². The third kappa shape index (κ3) is 5.96. The summed E-state index contributed by atoms with van der Waals surface area (Å²) >= 11 is 1.26. The predicted octanol–water partition coefficient (Wildman–Crippen LogP) is 4.76. The first-order valence-electron chi connectivity index (χ1n) is 13.1. The standard InChI is InChI=1S/C30H26FN3O5S2/c31-24-11-20(8-9-28(24)41(32,37)38)12-26-23(22-3-1-2-18(10-22)4-7-21-15-39-16-21)13-27(34(26)14-19-5-6-19)29-33-25(17-40-29)30(35)36/h1-3,8-11,13,17,19,21H,5-6,12,14-16H2,(H,35,36)(H2,32,37,38). The number of halogens is 1. The Balaban J connectivity index is 1.48. The lowest BCUT2D eigenvalue weighted by Crippen LogP contribution is -2.25. The number of thiazole rings is 1. The van der Waals surface area contributed by atoms with Crippen LogP contribution in [0, 0.1) is 29.5 Å². The Kier molecular flexibility index (Phi) is 7.25. The van der Waals surface area contributed by atoms with Crippen LogP contribution in [-0.2, 0) is 27.7 Å². The third-order valence-electron chi connectivity index (χ3n) is 7.20. The molecule has 3 N–H and O–H groups in total. The molecule has 6 rings (SSSR count). The summed E-state index contributed by atoms with van der Waals surface area (Å²) in [5.74, 6) is 5.16. The highest BCUT2D eigenvalue weighted by Gasteiger charge is 2.28. The SMILES string of the molecule is NS(=O)(=O)c1ccc(Cc2c(-c3cccc(C#CC4COC4)c3)cc(-c3nc(C(=O)O)cs3)n2CC2CC2)cc1F. The van der Waals surface area contributed by atoms with E-state index in [1.165, 1.54) is 28.8 Å². The van der Waals surface area contributed by atoms with E-state index >= 15 is 0 Å². The molecule has 8 nitrogen and oxygen atoms in total. The van der Waals surface area contributed by atoms with Gasteiger partial charge in [-0.3, -0.25) is 0 Å². The van der Waals surface area contributed by atoms with Crippen LogP contribution >= 0.6 is 11.3 Å². The summed E-state index contributed by atoms with van der Waals surface area (Å²) in [6, 6.07) is 13.8. The zero-order chi connectivity index (χ0) is 28.7. The number of ether oxygens (including phenoxy) is 1. The number of hydrogen-bond donors (Lipinski definition) is 2. The van der Waals surface area contributed by atoms with Crippen molar-refractivity contribution in [1.82, 2.24) is 9.55 Å². The molecule has 2 fully saturated rings. The fraction of sp³-hybridized carbons (Fsp3) is 0.267. The second kappa shape index (κ2) is 10.9. The molecule has 1 saturated carbocycles. The van der Waals surface area contributed by atoms with E-state index < -0.39 is 26.7 Å². The van der Waals surface area contributed by atoms with Gasteiger partial charge in [0, 0.05) is 35.2 Å². The van der Waals surface area contributed by atoms with Crippen molar-refractivity contribution in [3.8, 4) is 33.7 Å². The molecule has 0 radical (unpaired) electrons. The van der Waals surface area contributed by atoms with Crippen LogP contribution in [0.15, 0.2) is 58.8 Å². The zero-order valence-corrected chi connectivity index (χ0v) is 23.5. The van der Waals surface area contributed by atoms with Gasteiger partial charge in [-0.25, -0.2) is 27.7 Å². The average molecular weight is 592 g/mol. The first kappa shape index (κ1) is 27.4. The van der Waals surface area contributed by atoms with Crippen molar-refractivity contribution in [1.29, 1.82) is 0 Å². The number of carboxylic acid groups (broad SMARTS) is 1. The van der Waals surface area contributed by atoms with E-state index in [-0.39, 0.29) is 11.6 Å². The molecule has 0 atom stereocenters. The number of carbonyl (C=O) groups is 1. The molecule has 1 aliphatic heterocycles. The van der Waals surface area contributed by atoms with Gasteiger partial charge >= 0.3 is 5.97 Å². The highest BCUT2D eigenvalue weighted by molar-refractivity contribution is 7.89. The number of nitrogens with zero attached hydrogens (tertiary/aromatic N) is 2. The Bertz CT molecular complexity index is 1830. The smallest absolute Gasteiger partial charge is 0.355 e. The molecule has 0 bridgehead atoms. The van der Waals surface area contributed by atoms with Crippen molar-refractivity contribution in [3.63, 3.8) is 0 Å². The summed E-state index contributed by atoms with van der Waals surface area (Å²) in [6.45, 7) is 1.97. The molecule has 2 aromatic heterocycles. The van der Waals surface area contributed by atoms with Crippen LogP contribution in [0.5, 0.6) is 0 Å². The number of hydrogen-bond acceptors (Lipinski definition) is 6. The van der Waals surface area contributed by atoms with Crippen molar-refractivity contribution < 1.29 is 27.4 Å². The topological polar surface area (TPSA) is 125 Å². The van der Waals surface area contributed by atoms with E-state index in [2.05, 4.69) is 21.4 Å². The summed E-state index contributed by atoms with van der Waals surface area (Å²) in [5.41, 5.74) is 4.86. The van der Waals surface area contributed by atoms with Crippen LogP contribution in [-0.4, -0.2) is 42.3 Å². The Morgan fingerprint density at radius 3 is 2.63 bits per heavy atom. The molecular weight excluding hydrogens is 565 g/mol. The largest absolute Gasteiger partial charge is 0.476 e. The van der Waals surface area contributed by atoms with Gasteiger partial charge in [0.05, 0.1) is 24.8 Å². The monoisotopic (exact) mass is 591 g/mol. The maximum atomic E-state index is 14.8. The van der Waals surface area contributed by atoms with Crippen molar-refractivity contribution in [2.24, 2.45) is 17.0 Å². The van der Waals surface area contributed by atoms with Gasteiger partial charge in [-0.2, -0.15) is 0 Å². The van der Waals surface area contributed by atoms with Crippen molar-refractivity contribution in [2.45, 2.75) is 30.7 Å². The van der Waals surface area contributed by atoms with Crippen molar-refractivity contribution in [3.05, 3.63) is 82.2 Å².